The molecule has 114 valence electrons. The van der Waals surface area contributed by atoms with E-state index in [1.54, 1.807) is 18.5 Å². The molecular weight excluding hydrogens is 316 g/mol. The number of aromatic nitrogens is 3. The first kappa shape index (κ1) is 16.7. The molecule has 0 saturated heterocycles. The van der Waals surface area contributed by atoms with Crippen LogP contribution in [-0.2, 0) is 0 Å². The topological polar surface area (TPSA) is 64.7 Å². The standard InChI is InChI=1S/C15H13ClN4.CH4S/c1-9(17)14-15(13-7-6-10(16)8-18-13)20-12-5-3-2-4-11(12)19-14;1-2/h2-9H,17H2,1H3;2H,1H3/t9-;/m0./s1. The third kappa shape index (κ3) is 3.55. The van der Waals surface area contributed by atoms with Crippen molar-refractivity contribution in [3.63, 3.8) is 0 Å². The summed E-state index contributed by atoms with van der Waals surface area (Å²) in [4.78, 5) is 13.6. The van der Waals surface area contributed by atoms with Gasteiger partial charge in [-0.25, -0.2) is 9.97 Å². The largest absolute Gasteiger partial charge is 0.323 e. The fraction of sp³-hybridized carbons (Fsp3) is 0.188. The average Bonchev–Trinajstić information content (AvgIpc) is 2.56. The van der Waals surface area contributed by atoms with E-state index in [9.17, 15) is 0 Å². The van der Waals surface area contributed by atoms with Gasteiger partial charge in [0.15, 0.2) is 0 Å². The number of nitrogens with zero attached hydrogens (tertiary/aromatic N) is 3. The van der Waals surface area contributed by atoms with Gasteiger partial charge in [0.1, 0.15) is 5.69 Å². The number of fused-ring (bicyclic) bond motifs is 1. The molecule has 6 heteroatoms. The van der Waals surface area contributed by atoms with Crippen molar-refractivity contribution < 1.29 is 0 Å². The zero-order valence-corrected chi connectivity index (χ0v) is 14.0. The zero-order chi connectivity index (χ0) is 16.1. The molecule has 2 N–H and O–H groups in total. The summed E-state index contributed by atoms with van der Waals surface area (Å²) in [5.41, 5.74) is 9.83. The smallest absolute Gasteiger partial charge is 0.112 e. The van der Waals surface area contributed by atoms with E-state index in [1.165, 1.54) is 0 Å². The molecule has 22 heavy (non-hydrogen) atoms. The summed E-state index contributed by atoms with van der Waals surface area (Å²) in [6, 6.07) is 11.1. The number of benzene rings is 1. The highest BCUT2D eigenvalue weighted by Gasteiger charge is 2.15. The molecule has 2 aromatic heterocycles. The van der Waals surface area contributed by atoms with Crippen LogP contribution >= 0.6 is 24.2 Å². The van der Waals surface area contributed by atoms with Crippen molar-refractivity contribution in [2.75, 3.05) is 6.26 Å². The van der Waals surface area contributed by atoms with Crippen LogP contribution < -0.4 is 5.73 Å². The van der Waals surface area contributed by atoms with Gasteiger partial charge in [0.25, 0.3) is 0 Å². The van der Waals surface area contributed by atoms with E-state index in [-0.39, 0.29) is 6.04 Å². The Bertz CT molecular complexity index is 760. The van der Waals surface area contributed by atoms with Gasteiger partial charge in [-0.15, -0.1) is 0 Å². The van der Waals surface area contributed by atoms with Crippen LogP contribution in [0.5, 0.6) is 0 Å². The highest BCUT2D eigenvalue weighted by atomic mass is 35.5. The van der Waals surface area contributed by atoms with Gasteiger partial charge in [-0.2, -0.15) is 12.6 Å². The Labute approximate surface area is 140 Å². The van der Waals surface area contributed by atoms with E-state index in [0.717, 1.165) is 22.4 Å². The SMILES string of the molecule is CS.C[C@H](N)c1nc2ccccc2nc1-c1ccc(Cl)cn1. The third-order valence-electron chi connectivity index (χ3n) is 3.00. The van der Waals surface area contributed by atoms with Gasteiger partial charge in [-0.3, -0.25) is 4.98 Å². The third-order valence-corrected chi connectivity index (χ3v) is 3.22. The van der Waals surface area contributed by atoms with E-state index in [0.29, 0.717) is 10.7 Å². The van der Waals surface area contributed by atoms with Crippen molar-refractivity contribution in [3.05, 3.63) is 53.3 Å². The number of rotatable bonds is 2. The molecule has 4 nitrogen and oxygen atoms in total. The molecule has 0 spiro atoms. The van der Waals surface area contributed by atoms with E-state index in [4.69, 9.17) is 17.3 Å². The lowest BCUT2D eigenvalue weighted by Gasteiger charge is -2.12. The van der Waals surface area contributed by atoms with E-state index in [2.05, 4.69) is 27.6 Å². The molecule has 3 aromatic rings. The maximum absolute atomic E-state index is 6.02. The van der Waals surface area contributed by atoms with Crippen LogP contribution in [0.25, 0.3) is 22.4 Å². The van der Waals surface area contributed by atoms with Crippen molar-refractivity contribution in [1.29, 1.82) is 0 Å². The van der Waals surface area contributed by atoms with E-state index in [1.807, 2.05) is 37.3 Å². The van der Waals surface area contributed by atoms with Crippen LogP contribution in [-0.4, -0.2) is 21.2 Å². The molecule has 0 saturated carbocycles. The van der Waals surface area contributed by atoms with Gasteiger partial charge in [0.2, 0.25) is 0 Å². The Morgan fingerprint density at radius 1 is 1.05 bits per heavy atom. The molecule has 0 bridgehead atoms. The second-order valence-corrected chi connectivity index (χ2v) is 5.03. The van der Waals surface area contributed by atoms with Crippen LogP contribution in [0.3, 0.4) is 0 Å². The molecule has 0 amide bonds. The first-order chi connectivity index (χ1) is 10.6. The Morgan fingerprint density at radius 2 is 1.68 bits per heavy atom. The van der Waals surface area contributed by atoms with Gasteiger partial charge in [-0.05, 0) is 37.4 Å². The van der Waals surface area contributed by atoms with E-state index < -0.39 is 0 Å². The van der Waals surface area contributed by atoms with Crippen LogP contribution in [0.15, 0.2) is 42.6 Å². The molecule has 0 aliphatic carbocycles. The average molecular weight is 333 g/mol. The Hall–Kier alpha value is -1.69. The van der Waals surface area contributed by atoms with Crippen molar-refractivity contribution in [3.8, 4) is 11.4 Å². The monoisotopic (exact) mass is 332 g/mol. The predicted octanol–water partition coefficient (Wildman–Crippen LogP) is 3.91. The summed E-state index contributed by atoms with van der Waals surface area (Å²) in [7, 11) is 0. The van der Waals surface area contributed by atoms with Crippen LogP contribution in [0.2, 0.25) is 5.02 Å². The van der Waals surface area contributed by atoms with Crippen LogP contribution in [0.4, 0.5) is 0 Å². The number of hydrogen-bond donors (Lipinski definition) is 2. The highest BCUT2D eigenvalue weighted by Crippen LogP contribution is 2.25. The molecular formula is C16H17ClN4S. The quantitative estimate of drug-likeness (QED) is 0.698. The number of para-hydroxylation sites is 2. The lowest BCUT2D eigenvalue weighted by atomic mass is 10.1. The minimum atomic E-state index is -0.223. The lowest BCUT2D eigenvalue weighted by Crippen LogP contribution is -2.11. The fourth-order valence-electron chi connectivity index (χ4n) is 2.04. The van der Waals surface area contributed by atoms with Crippen molar-refractivity contribution in [1.82, 2.24) is 15.0 Å². The highest BCUT2D eigenvalue weighted by molar-refractivity contribution is 7.79. The summed E-state index contributed by atoms with van der Waals surface area (Å²) in [6.45, 7) is 1.89. The number of halogens is 1. The number of hydrogen-bond acceptors (Lipinski definition) is 5. The minimum absolute atomic E-state index is 0.223. The van der Waals surface area contributed by atoms with Gasteiger partial charge in [0.05, 0.1) is 27.4 Å². The van der Waals surface area contributed by atoms with Gasteiger partial charge < -0.3 is 5.73 Å². The van der Waals surface area contributed by atoms with Crippen LogP contribution in [0.1, 0.15) is 18.7 Å². The van der Waals surface area contributed by atoms with Crippen molar-refractivity contribution in [2.24, 2.45) is 5.73 Å². The lowest BCUT2D eigenvalue weighted by molar-refractivity contribution is 0.782. The Kier molecular flexibility index (Phi) is 5.71. The fourth-order valence-corrected chi connectivity index (χ4v) is 2.15. The van der Waals surface area contributed by atoms with Crippen molar-refractivity contribution >= 4 is 35.3 Å². The minimum Gasteiger partial charge on any atom is -0.323 e. The normalized spacial score (nSPS) is 11.7. The molecule has 0 fully saturated rings. The Morgan fingerprint density at radius 3 is 2.23 bits per heavy atom. The van der Waals surface area contributed by atoms with Gasteiger partial charge >= 0.3 is 0 Å². The number of pyridine rings is 1. The first-order valence-electron chi connectivity index (χ1n) is 6.74. The summed E-state index contributed by atoms with van der Waals surface area (Å²) >= 11 is 9.40. The molecule has 1 atom stereocenters. The maximum atomic E-state index is 6.02. The maximum Gasteiger partial charge on any atom is 0.112 e. The summed E-state index contributed by atoms with van der Waals surface area (Å²) < 4.78 is 0. The zero-order valence-electron chi connectivity index (χ0n) is 12.4. The number of thiol groups is 1. The predicted molar refractivity (Wildman–Crippen MR) is 95.3 cm³/mol. The molecule has 2 heterocycles. The summed E-state index contributed by atoms with van der Waals surface area (Å²) in [6.07, 6.45) is 3.29. The van der Waals surface area contributed by atoms with Crippen LogP contribution in [0, 0.1) is 0 Å². The second kappa shape index (κ2) is 7.54. The van der Waals surface area contributed by atoms with E-state index >= 15 is 0 Å². The molecule has 0 radical (unpaired) electrons. The molecule has 0 aliphatic rings. The Balaban J connectivity index is 0.000000847. The molecule has 1 aromatic carbocycles. The van der Waals surface area contributed by atoms with Gasteiger partial charge in [0, 0.05) is 12.2 Å². The second-order valence-electron chi connectivity index (χ2n) is 4.60. The summed E-state index contributed by atoms with van der Waals surface area (Å²) in [5.74, 6) is 0. The van der Waals surface area contributed by atoms with Gasteiger partial charge in [-0.1, -0.05) is 23.7 Å². The first-order valence-corrected chi connectivity index (χ1v) is 8.01. The molecule has 0 unspecified atom stereocenters. The number of nitrogens with two attached hydrogens (primary N) is 1. The molecule has 3 rings (SSSR count). The summed E-state index contributed by atoms with van der Waals surface area (Å²) in [5, 5.41) is 0.588. The molecule has 0 aliphatic heterocycles. The van der Waals surface area contributed by atoms with Crippen molar-refractivity contribution in [2.45, 2.75) is 13.0 Å².